The number of amides is 2. The third-order valence-corrected chi connectivity index (χ3v) is 3.87. The van der Waals surface area contributed by atoms with E-state index in [0.717, 1.165) is 12.8 Å². The molecule has 6 nitrogen and oxygen atoms in total. The van der Waals surface area contributed by atoms with Crippen molar-refractivity contribution >= 4 is 23.5 Å². The number of nitrogens with one attached hydrogen (secondary N) is 2. The van der Waals surface area contributed by atoms with Gasteiger partial charge in [0, 0.05) is 12.2 Å². The van der Waals surface area contributed by atoms with Crippen LogP contribution in [-0.4, -0.2) is 31.4 Å². The van der Waals surface area contributed by atoms with E-state index in [1.807, 2.05) is 0 Å². The predicted molar refractivity (Wildman–Crippen MR) is 85.9 cm³/mol. The van der Waals surface area contributed by atoms with Crippen LogP contribution >= 0.6 is 0 Å². The fraction of sp³-hybridized carbons (Fsp3) is 0.471. The van der Waals surface area contributed by atoms with Gasteiger partial charge < -0.3 is 15.4 Å². The summed E-state index contributed by atoms with van der Waals surface area (Å²) in [5.41, 5.74) is 1.02. The van der Waals surface area contributed by atoms with Gasteiger partial charge in [-0.2, -0.15) is 0 Å². The molecular formula is C17H22N2O4. The number of carbonyl (C=O) groups is 3. The summed E-state index contributed by atoms with van der Waals surface area (Å²) in [6.07, 6.45) is 2.56. The number of benzene rings is 1. The number of anilines is 1. The first-order valence-corrected chi connectivity index (χ1v) is 7.83. The first kappa shape index (κ1) is 17.0. The van der Waals surface area contributed by atoms with Crippen LogP contribution in [-0.2, 0) is 14.3 Å². The Kier molecular flexibility index (Phi) is 5.73. The Balaban J connectivity index is 1.82. The Morgan fingerprint density at radius 3 is 2.39 bits per heavy atom. The van der Waals surface area contributed by atoms with Crippen molar-refractivity contribution < 1.29 is 19.1 Å². The number of hydrogen-bond acceptors (Lipinski definition) is 4. The van der Waals surface area contributed by atoms with E-state index in [2.05, 4.69) is 22.3 Å². The molecule has 1 aromatic carbocycles. The van der Waals surface area contributed by atoms with Gasteiger partial charge in [0.25, 0.3) is 0 Å². The largest absolute Gasteiger partial charge is 0.465 e. The number of ether oxygens (including phenoxy) is 1. The van der Waals surface area contributed by atoms with E-state index in [-0.39, 0.29) is 23.7 Å². The van der Waals surface area contributed by atoms with E-state index in [9.17, 15) is 14.4 Å². The Bertz CT molecular complexity index is 583. The number of rotatable bonds is 7. The van der Waals surface area contributed by atoms with Crippen molar-refractivity contribution in [3.05, 3.63) is 29.8 Å². The smallest absolute Gasteiger partial charge is 0.337 e. The molecule has 1 aliphatic carbocycles. The first-order chi connectivity index (χ1) is 11.1. The predicted octanol–water partition coefficient (Wildman–Crippen LogP) is 1.96. The molecular weight excluding hydrogens is 296 g/mol. The third-order valence-electron chi connectivity index (χ3n) is 3.87. The van der Waals surface area contributed by atoms with Gasteiger partial charge in [-0.25, -0.2) is 4.79 Å². The number of hydrogen-bond donors (Lipinski definition) is 2. The quantitative estimate of drug-likeness (QED) is 0.594. The average Bonchev–Trinajstić information content (AvgIpc) is 3.36. The molecule has 2 amide bonds. The zero-order valence-corrected chi connectivity index (χ0v) is 13.4. The zero-order chi connectivity index (χ0) is 16.8. The van der Waals surface area contributed by atoms with Gasteiger partial charge in [-0.05, 0) is 37.1 Å². The van der Waals surface area contributed by atoms with Crippen molar-refractivity contribution in [2.75, 3.05) is 19.0 Å². The molecule has 0 saturated heterocycles. The molecule has 6 heteroatoms. The summed E-state index contributed by atoms with van der Waals surface area (Å²) in [4.78, 5) is 35.3. The lowest BCUT2D eigenvalue weighted by Gasteiger charge is -2.06. The maximum atomic E-state index is 12.1. The van der Waals surface area contributed by atoms with Gasteiger partial charge >= 0.3 is 5.97 Å². The minimum Gasteiger partial charge on any atom is -0.465 e. The van der Waals surface area contributed by atoms with Crippen LogP contribution in [0.4, 0.5) is 5.69 Å². The zero-order valence-electron chi connectivity index (χ0n) is 13.4. The number of esters is 1. The summed E-state index contributed by atoms with van der Waals surface area (Å²) in [7, 11) is 1.32. The summed E-state index contributed by atoms with van der Waals surface area (Å²) in [5, 5.41) is 5.62. The van der Waals surface area contributed by atoms with Crippen LogP contribution in [0.25, 0.3) is 0 Å². The van der Waals surface area contributed by atoms with Gasteiger partial charge in [0.1, 0.15) is 0 Å². The summed E-state index contributed by atoms with van der Waals surface area (Å²) < 4.78 is 4.62. The van der Waals surface area contributed by atoms with E-state index in [0.29, 0.717) is 24.2 Å². The molecule has 0 spiro atoms. The van der Waals surface area contributed by atoms with Crippen LogP contribution in [0.1, 0.15) is 36.5 Å². The highest BCUT2D eigenvalue weighted by Gasteiger charge is 2.47. The van der Waals surface area contributed by atoms with E-state index >= 15 is 0 Å². The fourth-order valence-corrected chi connectivity index (χ4v) is 2.34. The molecule has 124 valence electrons. The van der Waals surface area contributed by atoms with Crippen LogP contribution < -0.4 is 10.6 Å². The number of methoxy groups -OCH3 is 1. The van der Waals surface area contributed by atoms with Gasteiger partial charge in [-0.3, -0.25) is 9.59 Å². The lowest BCUT2D eigenvalue weighted by Crippen LogP contribution is -2.28. The molecule has 2 rings (SSSR count). The Hall–Kier alpha value is -2.37. The normalized spacial score (nSPS) is 18.9. The molecule has 23 heavy (non-hydrogen) atoms. The minimum absolute atomic E-state index is 0.0420. The van der Waals surface area contributed by atoms with Crippen LogP contribution in [0.5, 0.6) is 0 Å². The van der Waals surface area contributed by atoms with E-state index < -0.39 is 5.97 Å². The topological polar surface area (TPSA) is 84.5 Å². The summed E-state index contributed by atoms with van der Waals surface area (Å²) >= 11 is 0. The third kappa shape index (κ3) is 4.55. The summed E-state index contributed by atoms with van der Waals surface area (Å²) in [6, 6.07) is 6.46. The number of unbranched alkanes of at least 4 members (excludes halogenated alkanes) is 1. The molecule has 2 atom stereocenters. The van der Waals surface area contributed by atoms with Gasteiger partial charge in [-0.1, -0.05) is 13.3 Å². The highest BCUT2D eigenvalue weighted by atomic mass is 16.5. The Morgan fingerprint density at radius 2 is 1.78 bits per heavy atom. The molecule has 1 saturated carbocycles. The van der Waals surface area contributed by atoms with E-state index in [1.54, 1.807) is 24.3 Å². The standard InChI is InChI=1S/C17H22N2O4/c1-3-4-9-18-15(20)13-10-14(13)16(21)19-12-7-5-11(6-8-12)17(22)23-2/h5-8,13-14H,3-4,9-10H2,1-2H3,(H,18,20)(H,19,21). The highest BCUT2D eigenvalue weighted by molar-refractivity contribution is 5.99. The van der Waals surface area contributed by atoms with Crippen LogP contribution in [0.3, 0.4) is 0 Å². The first-order valence-electron chi connectivity index (χ1n) is 7.83. The molecule has 2 unspecified atom stereocenters. The van der Waals surface area contributed by atoms with Crippen molar-refractivity contribution in [2.45, 2.75) is 26.2 Å². The van der Waals surface area contributed by atoms with Gasteiger partial charge in [0.05, 0.1) is 24.5 Å². The van der Waals surface area contributed by atoms with Crippen molar-refractivity contribution in [3.8, 4) is 0 Å². The Morgan fingerprint density at radius 1 is 1.13 bits per heavy atom. The second-order valence-corrected chi connectivity index (χ2v) is 5.65. The average molecular weight is 318 g/mol. The number of carbonyl (C=O) groups excluding carboxylic acids is 3. The molecule has 0 aliphatic heterocycles. The van der Waals surface area contributed by atoms with Crippen molar-refractivity contribution in [2.24, 2.45) is 11.8 Å². The molecule has 0 bridgehead atoms. The van der Waals surface area contributed by atoms with Crippen molar-refractivity contribution in [3.63, 3.8) is 0 Å². The molecule has 1 aliphatic rings. The van der Waals surface area contributed by atoms with Gasteiger partial charge in [0.2, 0.25) is 11.8 Å². The van der Waals surface area contributed by atoms with Crippen LogP contribution in [0, 0.1) is 11.8 Å². The molecule has 0 heterocycles. The monoisotopic (exact) mass is 318 g/mol. The second kappa shape index (κ2) is 7.76. The SMILES string of the molecule is CCCCNC(=O)C1CC1C(=O)Nc1ccc(C(=O)OC)cc1. The summed E-state index contributed by atoms with van der Waals surface area (Å²) in [5.74, 6) is -1.11. The van der Waals surface area contributed by atoms with Crippen molar-refractivity contribution in [1.82, 2.24) is 5.32 Å². The highest BCUT2D eigenvalue weighted by Crippen LogP contribution is 2.39. The molecule has 1 aromatic rings. The molecule has 0 aromatic heterocycles. The Labute approximate surface area is 135 Å². The summed E-state index contributed by atoms with van der Waals surface area (Å²) in [6.45, 7) is 2.72. The molecule has 1 fully saturated rings. The van der Waals surface area contributed by atoms with Gasteiger partial charge in [-0.15, -0.1) is 0 Å². The van der Waals surface area contributed by atoms with Crippen LogP contribution in [0.15, 0.2) is 24.3 Å². The maximum absolute atomic E-state index is 12.1. The van der Waals surface area contributed by atoms with Crippen molar-refractivity contribution in [1.29, 1.82) is 0 Å². The van der Waals surface area contributed by atoms with E-state index in [4.69, 9.17) is 0 Å². The molecule has 0 radical (unpaired) electrons. The van der Waals surface area contributed by atoms with Crippen LogP contribution in [0.2, 0.25) is 0 Å². The van der Waals surface area contributed by atoms with E-state index in [1.165, 1.54) is 7.11 Å². The maximum Gasteiger partial charge on any atom is 0.337 e. The minimum atomic E-state index is -0.422. The van der Waals surface area contributed by atoms with Gasteiger partial charge in [0.15, 0.2) is 0 Å². The lowest BCUT2D eigenvalue weighted by atomic mass is 10.2. The molecule has 2 N–H and O–H groups in total. The lowest BCUT2D eigenvalue weighted by molar-refractivity contribution is -0.125. The fourth-order valence-electron chi connectivity index (χ4n) is 2.34. The second-order valence-electron chi connectivity index (χ2n) is 5.65.